The molecule has 0 aliphatic carbocycles. The Morgan fingerprint density at radius 2 is 1.31 bits per heavy atom. The molecule has 0 bridgehead atoms. The Bertz CT molecular complexity index is 1050. The Balaban J connectivity index is 0.00000150. The first-order chi connectivity index (χ1) is 12.9. The summed E-state index contributed by atoms with van der Waals surface area (Å²) in [6, 6.07) is 12.5. The van der Waals surface area contributed by atoms with E-state index in [-0.39, 0.29) is 142 Å². The van der Waals surface area contributed by atoms with Gasteiger partial charge in [0.05, 0.1) is 14.9 Å². The Labute approximate surface area is 270 Å². The molecule has 0 spiro atoms. The van der Waals surface area contributed by atoms with Crippen molar-refractivity contribution in [2.24, 2.45) is 0 Å². The van der Waals surface area contributed by atoms with Crippen LogP contribution in [0.15, 0.2) is 57.5 Å². The first kappa shape index (κ1) is 26.0. The third kappa shape index (κ3) is 4.76. The van der Waals surface area contributed by atoms with E-state index in [1.165, 1.54) is 18.2 Å². The fourth-order valence-electron chi connectivity index (χ4n) is 3.31. The van der Waals surface area contributed by atoms with Crippen LogP contribution in [-0.2, 0) is 0 Å². The van der Waals surface area contributed by atoms with E-state index in [2.05, 4.69) is 31.9 Å². The second kappa shape index (κ2) is 10.6. The Morgan fingerprint density at radius 3 is 1.79 bits per heavy atom. The monoisotopic (exact) mass is 566 g/mol. The molecule has 0 fully saturated rings. The SMILES string of the molecule is O=C([O-])c1ccccc1C1c2ccc([O-])c(Br)c2Oc2c1ccc([O-])c2Br.[H+].[K+].[K+]. The van der Waals surface area contributed by atoms with Crippen molar-refractivity contribution >= 4 is 37.8 Å². The van der Waals surface area contributed by atoms with E-state index in [0.29, 0.717) is 16.7 Å². The van der Waals surface area contributed by atoms with Gasteiger partial charge in [0.25, 0.3) is 0 Å². The summed E-state index contributed by atoms with van der Waals surface area (Å²) >= 11 is 6.50. The number of carboxylic acids is 1. The Morgan fingerprint density at radius 1 is 0.828 bits per heavy atom. The minimum atomic E-state index is -1.31. The normalized spacial score (nSPS) is 11.9. The number of fused-ring (bicyclic) bond motifs is 2. The van der Waals surface area contributed by atoms with Crippen LogP contribution < -0.4 is 123 Å². The largest absolute Gasteiger partial charge is 1.00 e. The number of ether oxygens (including phenoxy) is 1. The fraction of sp³-hybridized carbons (Fsp3) is 0.0500. The molecule has 0 atom stereocenters. The van der Waals surface area contributed by atoms with Gasteiger partial charge in [-0.25, -0.2) is 0 Å². The van der Waals surface area contributed by atoms with Crippen LogP contribution in [0, 0.1) is 0 Å². The van der Waals surface area contributed by atoms with Gasteiger partial charge in [0.2, 0.25) is 0 Å². The maximum atomic E-state index is 12.1. The number of carboxylic acid groups (broad SMARTS) is 1. The van der Waals surface area contributed by atoms with Crippen molar-refractivity contribution in [3.63, 3.8) is 0 Å². The zero-order valence-corrected chi connectivity index (χ0v) is 24.9. The molecule has 1 aliphatic rings. The molecule has 136 valence electrons. The van der Waals surface area contributed by atoms with Crippen molar-refractivity contribution in [2.45, 2.75) is 5.92 Å². The van der Waals surface area contributed by atoms with E-state index < -0.39 is 11.9 Å². The van der Waals surface area contributed by atoms with Gasteiger partial charge in [0, 0.05) is 22.6 Å². The number of halogens is 2. The molecule has 0 N–H and O–H groups in total. The van der Waals surface area contributed by atoms with Crippen LogP contribution in [0.2, 0.25) is 0 Å². The zero-order chi connectivity index (χ0) is 19.3. The van der Waals surface area contributed by atoms with Crippen molar-refractivity contribution in [1.29, 1.82) is 0 Å². The number of carbonyl (C=O) groups excluding carboxylic acids is 1. The summed E-state index contributed by atoms with van der Waals surface area (Å²) in [6.07, 6.45) is 0. The van der Waals surface area contributed by atoms with Crippen LogP contribution in [0.1, 0.15) is 34.4 Å². The quantitative estimate of drug-likeness (QED) is 0.243. The molecule has 0 amide bonds. The minimum absolute atomic E-state index is 0. The molecule has 0 radical (unpaired) electrons. The van der Waals surface area contributed by atoms with Gasteiger partial charge in [0.1, 0.15) is 11.5 Å². The van der Waals surface area contributed by atoms with E-state index >= 15 is 0 Å². The molecule has 0 saturated carbocycles. The Kier molecular flexibility index (Phi) is 9.50. The summed E-state index contributed by atoms with van der Waals surface area (Å²) in [5.41, 5.74) is 1.76. The first-order valence-electron chi connectivity index (χ1n) is 7.87. The summed E-state index contributed by atoms with van der Waals surface area (Å²) in [5, 5.41) is 35.8. The van der Waals surface area contributed by atoms with Gasteiger partial charge in [-0.2, -0.15) is 0 Å². The minimum Gasteiger partial charge on any atom is -0.872 e. The zero-order valence-electron chi connectivity index (χ0n) is 16.5. The van der Waals surface area contributed by atoms with Gasteiger partial charge in [-0.05, 0) is 37.4 Å². The molecule has 0 aromatic heterocycles. The van der Waals surface area contributed by atoms with Gasteiger partial charge < -0.3 is 24.9 Å². The molecule has 5 nitrogen and oxygen atoms in total. The molecule has 9 heteroatoms. The van der Waals surface area contributed by atoms with E-state index in [1.807, 2.05) is 0 Å². The smallest absolute Gasteiger partial charge is 0.872 e. The van der Waals surface area contributed by atoms with Crippen LogP contribution in [0.5, 0.6) is 23.0 Å². The van der Waals surface area contributed by atoms with E-state index in [1.54, 1.807) is 30.3 Å². The Hall–Kier alpha value is 0.763. The number of rotatable bonds is 2. The number of hydrogen-bond donors (Lipinski definition) is 0. The van der Waals surface area contributed by atoms with Crippen LogP contribution in [-0.4, -0.2) is 5.97 Å². The molecule has 1 aliphatic heterocycles. The summed E-state index contributed by atoms with van der Waals surface area (Å²) < 4.78 is 6.32. The number of hydrogen-bond acceptors (Lipinski definition) is 5. The molecular formula is C20H10Br2K2O5. The summed E-state index contributed by atoms with van der Waals surface area (Å²) in [5.74, 6) is -1.89. The van der Waals surface area contributed by atoms with Crippen LogP contribution >= 0.6 is 31.9 Å². The van der Waals surface area contributed by atoms with Crippen molar-refractivity contribution < 1.29 is 129 Å². The van der Waals surface area contributed by atoms with Crippen molar-refractivity contribution in [2.75, 3.05) is 0 Å². The average Bonchev–Trinajstić information content (AvgIpc) is 2.66. The number of aromatic carboxylic acids is 1. The standard InChI is InChI=1S/C20H12Br2O5.2K/c21-16-13(23)7-5-11-15(9-3-1-2-4-10(9)20(25)26)12-6-8-14(24)17(22)19(12)27-18(11)16;;/h1-8,15,23-24H,(H,25,26);;/q;2*+1/p-2. The predicted octanol–water partition coefficient (Wildman–Crippen LogP) is -2.87. The van der Waals surface area contributed by atoms with Gasteiger partial charge in [-0.15, -0.1) is 0 Å². The molecule has 3 aromatic carbocycles. The van der Waals surface area contributed by atoms with Gasteiger partial charge in [0.15, 0.2) is 0 Å². The first-order valence-corrected chi connectivity index (χ1v) is 9.45. The molecular weight excluding hydrogens is 558 g/mol. The summed E-state index contributed by atoms with van der Waals surface area (Å²) in [6.45, 7) is 0. The molecule has 29 heavy (non-hydrogen) atoms. The summed E-state index contributed by atoms with van der Waals surface area (Å²) in [7, 11) is 0. The van der Waals surface area contributed by atoms with Crippen LogP contribution in [0.4, 0.5) is 0 Å². The average molecular weight is 568 g/mol. The van der Waals surface area contributed by atoms with Gasteiger partial charge in [-0.1, -0.05) is 60.0 Å². The second-order valence-corrected chi connectivity index (χ2v) is 7.59. The molecule has 1 heterocycles. The number of benzene rings is 3. The maximum Gasteiger partial charge on any atom is 1.00 e. The molecule has 4 rings (SSSR count). The van der Waals surface area contributed by atoms with E-state index in [0.717, 1.165) is 0 Å². The van der Waals surface area contributed by atoms with Crippen molar-refractivity contribution in [3.05, 3.63) is 79.7 Å². The third-order valence-corrected chi connectivity index (χ3v) is 6.00. The topological polar surface area (TPSA) is 95.5 Å². The van der Waals surface area contributed by atoms with E-state index in [4.69, 9.17) is 4.74 Å². The summed E-state index contributed by atoms with van der Waals surface area (Å²) in [4.78, 5) is 11.7. The van der Waals surface area contributed by atoms with Gasteiger partial charge in [-0.3, -0.25) is 0 Å². The van der Waals surface area contributed by atoms with E-state index in [9.17, 15) is 20.1 Å². The fourth-order valence-corrected chi connectivity index (χ4v) is 4.19. The van der Waals surface area contributed by atoms with Crippen LogP contribution in [0.3, 0.4) is 0 Å². The van der Waals surface area contributed by atoms with Crippen molar-refractivity contribution in [1.82, 2.24) is 0 Å². The van der Waals surface area contributed by atoms with Crippen LogP contribution in [0.25, 0.3) is 0 Å². The molecule has 3 aromatic rings. The van der Waals surface area contributed by atoms with Crippen molar-refractivity contribution in [3.8, 4) is 23.0 Å². The molecule has 0 saturated heterocycles. The second-order valence-electron chi connectivity index (χ2n) is 6.00. The number of carbonyl (C=O) groups is 1. The molecule has 0 unspecified atom stereocenters. The van der Waals surface area contributed by atoms with Gasteiger partial charge >= 0.3 is 104 Å². The third-order valence-electron chi connectivity index (χ3n) is 4.50. The maximum absolute atomic E-state index is 12.1. The predicted molar refractivity (Wildman–Crippen MR) is 100 cm³/mol.